The van der Waals surface area contributed by atoms with Crippen molar-refractivity contribution in [3.63, 3.8) is 0 Å². The zero-order valence-corrected chi connectivity index (χ0v) is 12.4. The van der Waals surface area contributed by atoms with Gasteiger partial charge in [-0.1, -0.05) is 17.7 Å². The quantitative estimate of drug-likeness (QED) is 0.862. The van der Waals surface area contributed by atoms with Crippen molar-refractivity contribution in [2.75, 3.05) is 19.6 Å². The van der Waals surface area contributed by atoms with E-state index < -0.39 is 10.0 Å². The zero-order valence-electron chi connectivity index (χ0n) is 11.6. The fourth-order valence-corrected chi connectivity index (χ4v) is 3.81. The molecule has 0 aromatic heterocycles. The summed E-state index contributed by atoms with van der Waals surface area (Å²) in [4.78, 5) is 0.391. The molecule has 0 bridgehead atoms. The summed E-state index contributed by atoms with van der Waals surface area (Å²) in [6.45, 7) is 6.37. The SMILES string of the molecule is Cc1ccc(S(=O)(=O)NCC[C@H]2CCNC2)c(C)c1. The van der Waals surface area contributed by atoms with Crippen LogP contribution in [0.2, 0.25) is 0 Å². The lowest BCUT2D eigenvalue weighted by atomic mass is 10.1. The Balaban J connectivity index is 1.97. The maximum Gasteiger partial charge on any atom is 0.240 e. The molecule has 0 unspecified atom stereocenters. The molecule has 0 aliphatic carbocycles. The highest BCUT2D eigenvalue weighted by Crippen LogP contribution is 2.17. The predicted octanol–water partition coefficient (Wildman–Crippen LogP) is 1.58. The van der Waals surface area contributed by atoms with E-state index in [2.05, 4.69) is 10.0 Å². The lowest BCUT2D eigenvalue weighted by Crippen LogP contribution is -2.27. The van der Waals surface area contributed by atoms with Gasteiger partial charge < -0.3 is 5.32 Å². The van der Waals surface area contributed by atoms with Gasteiger partial charge in [0.15, 0.2) is 0 Å². The molecule has 1 atom stereocenters. The van der Waals surface area contributed by atoms with Gasteiger partial charge in [-0.05, 0) is 57.3 Å². The second-order valence-corrected chi connectivity index (χ2v) is 7.05. The van der Waals surface area contributed by atoms with Crippen molar-refractivity contribution in [1.29, 1.82) is 0 Å². The Labute approximate surface area is 115 Å². The third-order valence-electron chi connectivity index (χ3n) is 3.63. The summed E-state index contributed by atoms with van der Waals surface area (Å²) in [5.74, 6) is 0.599. The van der Waals surface area contributed by atoms with E-state index in [0.717, 1.165) is 37.1 Å². The topological polar surface area (TPSA) is 58.2 Å². The van der Waals surface area contributed by atoms with Crippen LogP contribution in [0.25, 0.3) is 0 Å². The van der Waals surface area contributed by atoms with Crippen LogP contribution in [0, 0.1) is 19.8 Å². The molecular formula is C14H22N2O2S. The van der Waals surface area contributed by atoms with E-state index in [1.807, 2.05) is 26.0 Å². The van der Waals surface area contributed by atoms with Crippen LogP contribution in [-0.2, 0) is 10.0 Å². The van der Waals surface area contributed by atoms with Crippen molar-refractivity contribution >= 4 is 10.0 Å². The maximum absolute atomic E-state index is 12.2. The van der Waals surface area contributed by atoms with E-state index >= 15 is 0 Å². The van der Waals surface area contributed by atoms with Crippen LogP contribution >= 0.6 is 0 Å². The van der Waals surface area contributed by atoms with Gasteiger partial charge in [-0.2, -0.15) is 0 Å². The van der Waals surface area contributed by atoms with Crippen molar-refractivity contribution in [3.05, 3.63) is 29.3 Å². The van der Waals surface area contributed by atoms with E-state index in [1.54, 1.807) is 6.07 Å². The molecule has 2 N–H and O–H groups in total. The molecule has 1 heterocycles. The minimum absolute atomic E-state index is 0.391. The molecule has 106 valence electrons. The molecule has 1 aliphatic rings. The standard InChI is InChI=1S/C14H22N2O2S/c1-11-3-4-14(12(2)9-11)19(17,18)16-8-6-13-5-7-15-10-13/h3-4,9,13,15-16H,5-8,10H2,1-2H3/t13-/m1/s1. The van der Waals surface area contributed by atoms with Crippen LogP contribution in [0.4, 0.5) is 0 Å². The first-order valence-electron chi connectivity index (χ1n) is 6.77. The van der Waals surface area contributed by atoms with E-state index in [-0.39, 0.29) is 0 Å². The summed E-state index contributed by atoms with van der Waals surface area (Å²) in [5, 5.41) is 3.29. The van der Waals surface area contributed by atoms with Crippen LogP contribution in [0.3, 0.4) is 0 Å². The Morgan fingerprint density at radius 1 is 1.37 bits per heavy atom. The highest BCUT2D eigenvalue weighted by Gasteiger charge is 2.18. The van der Waals surface area contributed by atoms with Gasteiger partial charge in [0.05, 0.1) is 4.90 Å². The van der Waals surface area contributed by atoms with Crippen molar-refractivity contribution in [1.82, 2.24) is 10.0 Å². The monoisotopic (exact) mass is 282 g/mol. The van der Waals surface area contributed by atoms with E-state index in [4.69, 9.17) is 0 Å². The largest absolute Gasteiger partial charge is 0.316 e. The van der Waals surface area contributed by atoms with Gasteiger partial charge in [0.1, 0.15) is 0 Å². The number of rotatable bonds is 5. The Hall–Kier alpha value is -0.910. The zero-order chi connectivity index (χ0) is 13.9. The molecule has 1 aromatic carbocycles. The van der Waals surface area contributed by atoms with Gasteiger partial charge in [0.25, 0.3) is 0 Å². The molecule has 5 heteroatoms. The number of nitrogens with one attached hydrogen (secondary N) is 2. The number of benzene rings is 1. The molecule has 1 saturated heterocycles. The van der Waals surface area contributed by atoms with Crippen LogP contribution in [-0.4, -0.2) is 28.1 Å². The van der Waals surface area contributed by atoms with E-state index in [9.17, 15) is 8.42 Å². The fourth-order valence-electron chi connectivity index (χ4n) is 2.54. The van der Waals surface area contributed by atoms with E-state index in [0.29, 0.717) is 17.4 Å². The minimum atomic E-state index is -3.37. The Morgan fingerprint density at radius 2 is 2.16 bits per heavy atom. The molecule has 1 aliphatic heterocycles. The Kier molecular flexibility index (Phi) is 4.60. The molecule has 1 aromatic rings. The smallest absolute Gasteiger partial charge is 0.240 e. The molecule has 4 nitrogen and oxygen atoms in total. The van der Waals surface area contributed by atoms with Gasteiger partial charge in [-0.15, -0.1) is 0 Å². The fraction of sp³-hybridized carbons (Fsp3) is 0.571. The minimum Gasteiger partial charge on any atom is -0.316 e. The second kappa shape index (κ2) is 6.03. The average molecular weight is 282 g/mol. The summed E-state index contributed by atoms with van der Waals surface area (Å²) in [6.07, 6.45) is 2.04. The summed E-state index contributed by atoms with van der Waals surface area (Å²) < 4.78 is 27.1. The summed E-state index contributed by atoms with van der Waals surface area (Å²) in [5.41, 5.74) is 1.88. The molecule has 2 rings (SSSR count). The van der Waals surface area contributed by atoms with Crippen molar-refractivity contribution in [2.24, 2.45) is 5.92 Å². The number of hydrogen-bond donors (Lipinski definition) is 2. The van der Waals surface area contributed by atoms with Crippen molar-refractivity contribution in [2.45, 2.75) is 31.6 Å². The van der Waals surface area contributed by atoms with E-state index in [1.165, 1.54) is 0 Å². The van der Waals surface area contributed by atoms with Crippen molar-refractivity contribution < 1.29 is 8.42 Å². The molecule has 0 spiro atoms. The van der Waals surface area contributed by atoms with Gasteiger partial charge >= 0.3 is 0 Å². The van der Waals surface area contributed by atoms with Gasteiger partial charge in [-0.3, -0.25) is 0 Å². The molecule has 0 saturated carbocycles. The third-order valence-corrected chi connectivity index (χ3v) is 5.25. The first kappa shape index (κ1) is 14.5. The predicted molar refractivity (Wildman–Crippen MR) is 76.7 cm³/mol. The van der Waals surface area contributed by atoms with Crippen LogP contribution in [0.15, 0.2) is 23.1 Å². The van der Waals surface area contributed by atoms with Crippen LogP contribution < -0.4 is 10.0 Å². The van der Waals surface area contributed by atoms with Crippen LogP contribution in [0.1, 0.15) is 24.0 Å². The van der Waals surface area contributed by atoms with Gasteiger partial charge in [-0.25, -0.2) is 13.1 Å². The lowest BCUT2D eigenvalue weighted by molar-refractivity contribution is 0.519. The molecule has 1 fully saturated rings. The first-order valence-corrected chi connectivity index (χ1v) is 8.25. The third kappa shape index (κ3) is 3.78. The Bertz CT molecular complexity index is 534. The normalized spacial score (nSPS) is 19.8. The average Bonchev–Trinajstić information content (AvgIpc) is 2.81. The molecular weight excluding hydrogens is 260 g/mol. The molecule has 0 amide bonds. The second-order valence-electron chi connectivity index (χ2n) is 5.31. The first-order chi connectivity index (χ1) is 8.99. The lowest BCUT2D eigenvalue weighted by Gasteiger charge is -2.12. The Morgan fingerprint density at radius 3 is 2.79 bits per heavy atom. The van der Waals surface area contributed by atoms with Gasteiger partial charge in [0, 0.05) is 6.54 Å². The number of sulfonamides is 1. The van der Waals surface area contributed by atoms with Crippen molar-refractivity contribution in [3.8, 4) is 0 Å². The molecule has 0 radical (unpaired) electrons. The van der Waals surface area contributed by atoms with Crippen LogP contribution in [0.5, 0.6) is 0 Å². The summed E-state index contributed by atoms with van der Waals surface area (Å²) >= 11 is 0. The van der Waals surface area contributed by atoms with Gasteiger partial charge in [0.2, 0.25) is 10.0 Å². The highest BCUT2D eigenvalue weighted by molar-refractivity contribution is 7.89. The number of aryl methyl sites for hydroxylation is 2. The summed E-state index contributed by atoms with van der Waals surface area (Å²) in [7, 11) is -3.37. The molecule has 19 heavy (non-hydrogen) atoms. The maximum atomic E-state index is 12.2. The highest BCUT2D eigenvalue weighted by atomic mass is 32.2. The number of hydrogen-bond acceptors (Lipinski definition) is 3. The summed E-state index contributed by atoms with van der Waals surface area (Å²) in [6, 6.07) is 5.42.